The minimum Gasteiger partial charge on any atom is -0.466 e. The molecule has 1 rings (SSSR count). The van der Waals surface area contributed by atoms with Crippen LogP contribution in [0.15, 0.2) is 40.4 Å². The van der Waals surface area contributed by atoms with Crippen molar-refractivity contribution in [2.75, 3.05) is 13.7 Å². The number of hydrogen-bond donors (Lipinski definition) is 1. The average Bonchev–Trinajstić information content (AvgIpc) is 2.37. The Bertz CT molecular complexity index is 443. The Labute approximate surface area is 116 Å². The van der Waals surface area contributed by atoms with Gasteiger partial charge < -0.3 is 10.1 Å². The molecule has 0 spiro atoms. The van der Waals surface area contributed by atoms with Gasteiger partial charge in [-0.25, -0.2) is 4.79 Å². The van der Waals surface area contributed by atoms with Crippen LogP contribution in [0, 0.1) is 0 Å². The van der Waals surface area contributed by atoms with Gasteiger partial charge in [-0.1, -0.05) is 40.2 Å². The van der Waals surface area contributed by atoms with Gasteiger partial charge in [0, 0.05) is 22.6 Å². The predicted molar refractivity (Wildman–Crippen MR) is 76.3 cm³/mol. The van der Waals surface area contributed by atoms with E-state index in [0.29, 0.717) is 12.1 Å². The van der Waals surface area contributed by atoms with Gasteiger partial charge in [0.25, 0.3) is 0 Å². The van der Waals surface area contributed by atoms with E-state index in [1.807, 2.05) is 24.3 Å². The molecule has 0 aromatic heterocycles. The second kappa shape index (κ2) is 7.34. The molecule has 1 N–H and O–H groups in total. The number of halogens is 1. The molecule has 1 atom stereocenters. The lowest BCUT2D eigenvalue weighted by Gasteiger charge is -2.14. The minimum atomic E-state index is -0.287. The van der Waals surface area contributed by atoms with Crippen LogP contribution < -0.4 is 5.32 Å². The Morgan fingerprint density at radius 2 is 2.17 bits per heavy atom. The van der Waals surface area contributed by atoms with Gasteiger partial charge >= 0.3 is 5.97 Å². The fourth-order valence-corrected chi connectivity index (χ4v) is 2.20. The van der Waals surface area contributed by atoms with E-state index in [4.69, 9.17) is 0 Å². The van der Waals surface area contributed by atoms with E-state index in [-0.39, 0.29) is 12.0 Å². The summed E-state index contributed by atoms with van der Waals surface area (Å²) in [6.07, 6.45) is 1.83. The fourth-order valence-electron chi connectivity index (χ4n) is 1.57. The Kier molecular flexibility index (Phi) is 6.09. The number of methoxy groups -OCH3 is 1. The molecule has 0 amide bonds. The van der Waals surface area contributed by atoms with Gasteiger partial charge in [0.1, 0.15) is 0 Å². The second-order valence-corrected chi connectivity index (χ2v) is 4.88. The molecule has 3 nitrogen and oxygen atoms in total. The highest BCUT2D eigenvalue weighted by atomic mass is 79.9. The summed E-state index contributed by atoms with van der Waals surface area (Å²) in [6.45, 7) is 4.46. The summed E-state index contributed by atoms with van der Waals surface area (Å²) in [5.74, 6) is -0.287. The maximum atomic E-state index is 11.2. The molecule has 0 bridgehead atoms. The van der Waals surface area contributed by atoms with Crippen molar-refractivity contribution < 1.29 is 9.53 Å². The number of hydrogen-bond acceptors (Lipinski definition) is 3. The van der Waals surface area contributed by atoms with Gasteiger partial charge in [0.15, 0.2) is 0 Å². The van der Waals surface area contributed by atoms with E-state index in [2.05, 4.69) is 39.0 Å². The van der Waals surface area contributed by atoms with Gasteiger partial charge in [-0.05, 0) is 25.5 Å². The normalized spacial score (nSPS) is 13.2. The lowest BCUT2D eigenvalue weighted by Crippen LogP contribution is -2.19. The molecular formula is C14H18BrNO2. The summed E-state index contributed by atoms with van der Waals surface area (Å²) in [7, 11) is 1.39. The molecule has 0 heterocycles. The highest BCUT2D eigenvalue weighted by Gasteiger charge is 2.07. The Balaban J connectivity index is 2.55. The van der Waals surface area contributed by atoms with E-state index < -0.39 is 0 Å². The summed E-state index contributed by atoms with van der Waals surface area (Å²) in [5.41, 5.74) is 1.81. The van der Waals surface area contributed by atoms with Crippen molar-refractivity contribution in [1.29, 1.82) is 0 Å². The maximum absolute atomic E-state index is 11.2. The number of nitrogens with one attached hydrogen (secondary N) is 1. The highest BCUT2D eigenvalue weighted by Crippen LogP contribution is 2.22. The highest BCUT2D eigenvalue weighted by molar-refractivity contribution is 9.10. The predicted octanol–water partition coefficient (Wildman–Crippen LogP) is 3.22. The topological polar surface area (TPSA) is 38.3 Å². The fraction of sp³-hybridized carbons (Fsp3) is 0.357. The van der Waals surface area contributed by atoms with Gasteiger partial charge in [0.05, 0.1) is 7.11 Å². The van der Waals surface area contributed by atoms with Gasteiger partial charge in [-0.3, -0.25) is 0 Å². The quantitative estimate of drug-likeness (QED) is 0.670. The summed E-state index contributed by atoms with van der Waals surface area (Å²) in [5, 5.41) is 3.34. The number of esters is 1. The van der Waals surface area contributed by atoms with Gasteiger partial charge in [0.2, 0.25) is 0 Å². The number of carbonyl (C=O) groups excluding carboxylic acids is 1. The molecular weight excluding hydrogens is 294 g/mol. The summed E-state index contributed by atoms with van der Waals surface area (Å²) in [6, 6.07) is 8.29. The zero-order valence-corrected chi connectivity index (χ0v) is 12.5. The molecule has 0 aliphatic carbocycles. The standard InChI is InChI=1S/C14H18BrNO2/c1-10(14(17)18-3)8-9-16-11(2)12-6-4-5-7-13(12)15/h4-8,11,16H,9H2,1-3H3/b10-8+/t11-/m0/s1. The molecule has 1 aromatic rings. The van der Waals surface area contributed by atoms with Crippen LogP contribution in [0.4, 0.5) is 0 Å². The lowest BCUT2D eigenvalue weighted by molar-refractivity contribution is -0.136. The zero-order valence-electron chi connectivity index (χ0n) is 10.9. The Morgan fingerprint density at radius 3 is 2.78 bits per heavy atom. The van der Waals surface area contributed by atoms with Crippen LogP contribution in [0.25, 0.3) is 0 Å². The second-order valence-electron chi connectivity index (χ2n) is 4.03. The van der Waals surface area contributed by atoms with E-state index in [1.165, 1.54) is 12.7 Å². The third kappa shape index (κ3) is 4.27. The van der Waals surface area contributed by atoms with E-state index >= 15 is 0 Å². The van der Waals surface area contributed by atoms with Crippen molar-refractivity contribution in [2.24, 2.45) is 0 Å². The van der Waals surface area contributed by atoms with Crippen LogP contribution in [-0.4, -0.2) is 19.6 Å². The van der Waals surface area contributed by atoms with Crippen molar-refractivity contribution in [1.82, 2.24) is 5.32 Å². The molecule has 0 fully saturated rings. The third-order valence-corrected chi connectivity index (χ3v) is 3.43. The van der Waals surface area contributed by atoms with E-state index in [9.17, 15) is 4.79 Å². The monoisotopic (exact) mass is 311 g/mol. The molecule has 0 aliphatic rings. The van der Waals surface area contributed by atoms with Crippen LogP contribution in [0.3, 0.4) is 0 Å². The molecule has 0 unspecified atom stereocenters. The maximum Gasteiger partial charge on any atom is 0.333 e. The average molecular weight is 312 g/mol. The van der Waals surface area contributed by atoms with Crippen molar-refractivity contribution >= 4 is 21.9 Å². The molecule has 1 aromatic carbocycles. The SMILES string of the molecule is COC(=O)/C(C)=C/CN[C@@H](C)c1ccccc1Br. The lowest BCUT2D eigenvalue weighted by atomic mass is 10.1. The molecule has 0 radical (unpaired) electrons. The molecule has 0 aliphatic heterocycles. The first kappa shape index (κ1) is 14.9. The molecule has 0 saturated heterocycles. The van der Waals surface area contributed by atoms with Crippen LogP contribution in [0.2, 0.25) is 0 Å². The molecule has 4 heteroatoms. The first-order chi connectivity index (χ1) is 8.56. The number of rotatable bonds is 5. The van der Waals surface area contributed by atoms with Crippen LogP contribution in [-0.2, 0) is 9.53 Å². The van der Waals surface area contributed by atoms with Crippen LogP contribution >= 0.6 is 15.9 Å². The molecule has 0 saturated carbocycles. The zero-order chi connectivity index (χ0) is 13.5. The number of carbonyl (C=O) groups is 1. The van der Waals surface area contributed by atoms with Crippen molar-refractivity contribution in [3.8, 4) is 0 Å². The van der Waals surface area contributed by atoms with Gasteiger partial charge in [-0.15, -0.1) is 0 Å². The van der Waals surface area contributed by atoms with E-state index in [1.54, 1.807) is 6.92 Å². The Morgan fingerprint density at radius 1 is 1.50 bits per heavy atom. The van der Waals surface area contributed by atoms with E-state index in [0.717, 1.165) is 4.47 Å². The van der Waals surface area contributed by atoms with Gasteiger partial charge in [-0.2, -0.15) is 0 Å². The van der Waals surface area contributed by atoms with Crippen LogP contribution in [0.1, 0.15) is 25.5 Å². The number of benzene rings is 1. The van der Waals surface area contributed by atoms with Crippen molar-refractivity contribution in [3.05, 3.63) is 46.0 Å². The smallest absolute Gasteiger partial charge is 0.333 e. The third-order valence-electron chi connectivity index (χ3n) is 2.71. The minimum absolute atomic E-state index is 0.210. The first-order valence-electron chi connectivity index (χ1n) is 5.79. The van der Waals surface area contributed by atoms with Crippen molar-refractivity contribution in [2.45, 2.75) is 19.9 Å². The Hall–Kier alpha value is -1.13. The first-order valence-corrected chi connectivity index (χ1v) is 6.58. The molecule has 98 valence electrons. The number of ether oxygens (including phenoxy) is 1. The summed E-state index contributed by atoms with van der Waals surface area (Å²) < 4.78 is 5.71. The largest absolute Gasteiger partial charge is 0.466 e. The van der Waals surface area contributed by atoms with Crippen molar-refractivity contribution in [3.63, 3.8) is 0 Å². The van der Waals surface area contributed by atoms with Crippen LogP contribution in [0.5, 0.6) is 0 Å². The summed E-state index contributed by atoms with van der Waals surface area (Å²) in [4.78, 5) is 11.2. The summed E-state index contributed by atoms with van der Waals surface area (Å²) >= 11 is 3.52. The molecule has 18 heavy (non-hydrogen) atoms.